The largest absolute Gasteiger partial charge is 0.362 e. The normalized spacial score (nSPS) is 12.6. The zero-order chi connectivity index (χ0) is 15.0. The van der Waals surface area contributed by atoms with E-state index in [4.69, 9.17) is 0 Å². The zero-order valence-electron chi connectivity index (χ0n) is 12.4. The van der Waals surface area contributed by atoms with Crippen molar-refractivity contribution in [2.24, 2.45) is 0 Å². The number of thiazole rings is 1. The lowest BCUT2D eigenvalue weighted by Crippen LogP contribution is -2.09. The Kier molecular flexibility index (Phi) is 3.77. The summed E-state index contributed by atoms with van der Waals surface area (Å²) in [6.45, 7) is 6.23. The number of aryl methyl sites for hydroxylation is 2. The highest BCUT2D eigenvalue weighted by molar-refractivity contribution is 7.16. The molecule has 3 heterocycles. The Balaban J connectivity index is 1.97. The summed E-state index contributed by atoms with van der Waals surface area (Å²) in [5.41, 5.74) is 1.09. The summed E-state index contributed by atoms with van der Waals surface area (Å²) in [6.07, 6.45) is 0. The summed E-state index contributed by atoms with van der Waals surface area (Å²) in [5.74, 6) is 1.50. The van der Waals surface area contributed by atoms with Crippen LogP contribution in [0, 0.1) is 13.8 Å². The Labute approximate surface area is 131 Å². The van der Waals surface area contributed by atoms with Gasteiger partial charge in [-0.25, -0.2) is 9.97 Å². The molecule has 3 aromatic heterocycles. The highest BCUT2D eigenvalue weighted by Crippen LogP contribution is 2.31. The van der Waals surface area contributed by atoms with Crippen molar-refractivity contribution in [1.82, 2.24) is 15.0 Å². The molecule has 0 bridgehead atoms. The average molecular weight is 319 g/mol. The fraction of sp³-hybridized carbons (Fsp3) is 0.357. The average Bonchev–Trinajstić information content (AvgIpc) is 3.04. The third-order valence-corrected chi connectivity index (χ3v) is 5.30. The summed E-state index contributed by atoms with van der Waals surface area (Å²) >= 11 is 3.35. The van der Waals surface area contributed by atoms with Gasteiger partial charge in [-0.3, -0.25) is 0 Å². The predicted molar refractivity (Wildman–Crippen MR) is 90.6 cm³/mol. The van der Waals surface area contributed by atoms with Gasteiger partial charge < -0.3 is 10.6 Å². The number of aromatic nitrogens is 3. The van der Waals surface area contributed by atoms with Crippen LogP contribution in [0.15, 0.2) is 11.4 Å². The number of anilines is 2. The number of hydrogen-bond acceptors (Lipinski definition) is 7. The molecule has 3 rings (SSSR count). The molecule has 0 aliphatic heterocycles. The maximum atomic E-state index is 4.55. The van der Waals surface area contributed by atoms with Gasteiger partial charge in [0.2, 0.25) is 5.95 Å². The molecule has 0 aliphatic carbocycles. The highest BCUT2D eigenvalue weighted by Gasteiger charge is 2.16. The van der Waals surface area contributed by atoms with Crippen molar-refractivity contribution >= 4 is 44.7 Å². The van der Waals surface area contributed by atoms with Crippen LogP contribution in [-0.2, 0) is 0 Å². The van der Waals surface area contributed by atoms with Crippen molar-refractivity contribution in [2.45, 2.75) is 26.8 Å². The Hall–Kier alpha value is -1.73. The van der Waals surface area contributed by atoms with Gasteiger partial charge in [0.1, 0.15) is 10.6 Å². The monoisotopic (exact) mass is 319 g/mol. The number of fused-ring (bicyclic) bond motifs is 1. The van der Waals surface area contributed by atoms with Crippen LogP contribution in [0.1, 0.15) is 28.5 Å². The minimum atomic E-state index is 0.166. The molecule has 0 fully saturated rings. The highest BCUT2D eigenvalue weighted by atomic mass is 32.1. The van der Waals surface area contributed by atoms with Crippen molar-refractivity contribution in [3.8, 4) is 0 Å². The number of rotatable bonds is 4. The van der Waals surface area contributed by atoms with Gasteiger partial charge in [0, 0.05) is 11.9 Å². The number of thiophene rings is 1. The maximum Gasteiger partial charge on any atom is 0.225 e. The summed E-state index contributed by atoms with van der Waals surface area (Å²) in [6, 6.07) is 2.22. The molecular weight excluding hydrogens is 302 g/mol. The Morgan fingerprint density at radius 3 is 2.67 bits per heavy atom. The maximum absolute atomic E-state index is 4.55. The second-order valence-corrected chi connectivity index (χ2v) is 6.96. The topological polar surface area (TPSA) is 62.7 Å². The number of nitrogens with one attached hydrogen (secondary N) is 2. The fourth-order valence-corrected chi connectivity index (χ4v) is 3.99. The first-order chi connectivity index (χ1) is 10.1. The van der Waals surface area contributed by atoms with Gasteiger partial charge in [-0.15, -0.1) is 22.7 Å². The van der Waals surface area contributed by atoms with E-state index in [9.17, 15) is 0 Å². The first-order valence-electron chi connectivity index (χ1n) is 6.72. The van der Waals surface area contributed by atoms with Crippen molar-refractivity contribution < 1.29 is 0 Å². The predicted octanol–water partition coefficient (Wildman–Crippen LogP) is 3.98. The van der Waals surface area contributed by atoms with Crippen LogP contribution < -0.4 is 10.6 Å². The van der Waals surface area contributed by atoms with E-state index < -0.39 is 0 Å². The number of hydrogen-bond donors (Lipinski definition) is 2. The lowest BCUT2D eigenvalue weighted by molar-refractivity contribution is 0.881. The molecule has 21 heavy (non-hydrogen) atoms. The van der Waals surface area contributed by atoms with Gasteiger partial charge in [-0.1, -0.05) is 0 Å². The molecule has 5 nitrogen and oxygen atoms in total. The van der Waals surface area contributed by atoms with E-state index in [1.54, 1.807) is 22.7 Å². The fourth-order valence-electron chi connectivity index (χ4n) is 2.30. The molecule has 0 radical (unpaired) electrons. The third kappa shape index (κ3) is 2.71. The summed E-state index contributed by atoms with van der Waals surface area (Å²) in [5, 5.41) is 10.7. The second-order valence-electron chi connectivity index (χ2n) is 4.83. The van der Waals surface area contributed by atoms with Crippen LogP contribution >= 0.6 is 22.7 Å². The summed E-state index contributed by atoms with van der Waals surface area (Å²) in [4.78, 5) is 15.7. The van der Waals surface area contributed by atoms with Crippen LogP contribution in [0.25, 0.3) is 10.2 Å². The van der Waals surface area contributed by atoms with E-state index >= 15 is 0 Å². The van der Waals surface area contributed by atoms with Crippen molar-refractivity contribution in [1.29, 1.82) is 0 Å². The van der Waals surface area contributed by atoms with E-state index in [2.05, 4.69) is 45.5 Å². The third-order valence-electron chi connectivity index (χ3n) is 3.23. The lowest BCUT2D eigenvalue weighted by Gasteiger charge is -2.15. The van der Waals surface area contributed by atoms with Gasteiger partial charge in [-0.2, -0.15) is 4.98 Å². The lowest BCUT2D eigenvalue weighted by atomic mass is 10.2. The molecular formula is C14H17N5S2. The van der Waals surface area contributed by atoms with E-state index in [1.165, 1.54) is 4.88 Å². The Bertz CT molecular complexity index is 777. The first-order valence-corrected chi connectivity index (χ1v) is 8.41. The van der Waals surface area contributed by atoms with Crippen LogP contribution in [0.5, 0.6) is 0 Å². The molecule has 2 N–H and O–H groups in total. The van der Waals surface area contributed by atoms with E-state index in [1.807, 2.05) is 19.4 Å². The van der Waals surface area contributed by atoms with E-state index in [0.717, 1.165) is 26.7 Å². The smallest absolute Gasteiger partial charge is 0.225 e. The van der Waals surface area contributed by atoms with E-state index in [-0.39, 0.29) is 6.04 Å². The van der Waals surface area contributed by atoms with Crippen molar-refractivity contribution in [3.63, 3.8) is 0 Å². The van der Waals surface area contributed by atoms with E-state index in [0.29, 0.717) is 5.95 Å². The molecule has 0 aliphatic rings. The van der Waals surface area contributed by atoms with Gasteiger partial charge in [0.05, 0.1) is 22.1 Å². The van der Waals surface area contributed by atoms with Crippen molar-refractivity contribution in [3.05, 3.63) is 27.0 Å². The minimum Gasteiger partial charge on any atom is -0.362 e. The van der Waals surface area contributed by atoms with Gasteiger partial charge >= 0.3 is 0 Å². The summed E-state index contributed by atoms with van der Waals surface area (Å²) in [7, 11) is 1.83. The molecule has 7 heteroatoms. The standard InChI is InChI=1S/C14H17N5S2/c1-7-11(21-9(3)16-7)8(2)17-12-10-5-6-20-13(10)19-14(15-4)18-12/h5-6,8H,1-4H3,(H2,15,17,18,19). The van der Waals surface area contributed by atoms with Gasteiger partial charge in [0.25, 0.3) is 0 Å². The SMILES string of the molecule is CNc1nc(NC(C)c2sc(C)nc2C)c2ccsc2n1. The molecule has 110 valence electrons. The molecule has 3 aromatic rings. The first kappa shape index (κ1) is 14.2. The van der Waals surface area contributed by atoms with Gasteiger partial charge in [-0.05, 0) is 32.2 Å². The zero-order valence-corrected chi connectivity index (χ0v) is 14.0. The van der Waals surface area contributed by atoms with Crippen LogP contribution in [0.4, 0.5) is 11.8 Å². The molecule has 1 unspecified atom stereocenters. The van der Waals surface area contributed by atoms with Crippen molar-refractivity contribution in [2.75, 3.05) is 17.7 Å². The van der Waals surface area contributed by atoms with Crippen LogP contribution in [0.2, 0.25) is 0 Å². The second kappa shape index (κ2) is 5.57. The molecule has 0 saturated carbocycles. The quantitative estimate of drug-likeness (QED) is 0.761. The summed E-state index contributed by atoms with van der Waals surface area (Å²) < 4.78 is 0. The van der Waals surface area contributed by atoms with Crippen LogP contribution in [-0.4, -0.2) is 22.0 Å². The minimum absolute atomic E-state index is 0.166. The number of nitrogens with zero attached hydrogens (tertiary/aromatic N) is 3. The molecule has 0 saturated heterocycles. The Morgan fingerprint density at radius 1 is 1.19 bits per heavy atom. The van der Waals surface area contributed by atoms with Gasteiger partial charge in [0.15, 0.2) is 0 Å². The molecule has 0 spiro atoms. The van der Waals surface area contributed by atoms with Crippen LogP contribution in [0.3, 0.4) is 0 Å². The molecule has 0 aromatic carbocycles. The molecule has 1 atom stereocenters. The Morgan fingerprint density at radius 2 is 2.00 bits per heavy atom. The molecule has 0 amide bonds.